The van der Waals surface area contributed by atoms with Crippen LogP contribution in [0.4, 0.5) is 0 Å². The summed E-state index contributed by atoms with van der Waals surface area (Å²) in [6, 6.07) is -1.18. The van der Waals surface area contributed by atoms with Crippen LogP contribution in [-0.2, 0) is 23.4 Å². The number of guanidine groups is 1. The number of nitrogens with one attached hydrogen (secondary N) is 2. The van der Waals surface area contributed by atoms with Crippen LogP contribution in [0.2, 0.25) is 0 Å². The quantitative estimate of drug-likeness (QED) is 0.204. The van der Waals surface area contributed by atoms with E-state index in [0.29, 0.717) is 0 Å². The number of phosphoric ester groups is 1. The van der Waals surface area contributed by atoms with Gasteiger partial charge in [0, 0.05) is 6.42 Å². The van der Waals surface area contributed by atoms with Crippen LogP contribution in [0.1, 0.15) is 6.42 Å². The number of aliphatic hydroxyl groups excluding tert-OH is 1. The number of nitrogens with two attached hydrogens (primary N) is 1. The molecule has 0 spiro atoms. The fourth-order valence-electron chi connectivity index (χ4n) is 2.11. The van der Waals surface area contributed by atoms with Crippen LogP contribution in [-0.4, -0.2) is 70.1 Å². The Morgan fingerprint density at radius 1 is 1.58 bits per heavy atom. The minimum absolute atomic E-state index is 0.0243. The molecule has 2 aliphatic heterocycles. The van der Waals surface area contributed by atoms with Crippen molar-refractivity contribution in [1.82, 2.24) is 10.6 Å². The number of nitrogens with zero attached hydrogens (tertiary/aromatic N) is 2. The maximum atomic E-state index is 11.7. The standard InChI is InChI=1S/C10H16N5O8P/c11-10-14-8(7(12-3-16)9(18)15-10)13-6-1-4(17)5(23-6)2-22-24(19,20)21/h3-7,17H,1-2H2,(H,12,16)(H2,19,20,21)(H3,11,13,14,15,18)/t4-,5+,6+,7?/m0/s1. The normalized spacial score (nSPS) is 32.4. The third-order valence-corrected chi connectivity index (χ3v) is 3.61. The van der Waals surface area contributed by atoms with Gasteiger partial charge in [0.05, 0.1) is 12.7 Å². The Morgan fingerprint density at radius 2 is 2.29 bits per heavy atom. The summed E-state index contributed by atoms with van der Waals surface area (Å²) >= 11 is 0. The van der Waals surface area contributed by atoms with Gasteiger partial charge in [-0.2, -0.15) is 4.99 Å². The van der Waals surface area contributed by atoms with Gasteiger partial charge in [-0.15, -0.1) is 0 Å². The number of rotatable bonds is 6. The van der Waals surface area contributed by atoms with Crippen LogP contribution in [0.5, 0.6) is 0 Å². The molecule has 4 atom stereocenters. The van der Waals surface area contributed by atoms with Crippen LogP contribution in [0.3, 0.4) is 0 Å². The van der Waals surface area contributed by atoms with Gasteiger partial charge in [-0.25, -0.2) is 9.56 Å². The van der Waals surface area contributed by atoms with Crippen LogP contribution in [0, 0.1) is 0 Å². The number of hydrogen-bond acceptors (Lipinski definition) is 8. The predicted molar refractivity (Wildman–Crippen MR) is 77.5 cm³/mol. The van der Waals surface area contributed by atoms with Crippen molar-refractivity contribution in [2.24, 2.45) is 15.7 Å². The smallest absolute Gasteiger partial charge is 0.390 e. The maximum Gasteiger partial charge on any atom is 0.469 e. The Labute approximate surface area is 135 Å². The largest absolute Gasteiger partial charge is 0.469 e. The monoisotopic (exact) mass is 365 g/mol. The lowest BCUT2D eigenvalue weighted by molar-refractivity contribution is -0.122. The molecule has 0 bridgehead atoms. The molecule has 134 valence electrons. The molecule has 0 saturated carbocycles. The topological polar surface area (TPSA) is 205 Å². The van der Waals surface area contributed by atoms with Crippen molar-refractivity contribution >= 4 is 31.9 Å². The molecule has 24 heavy (non-hydrogen) atoms. The number of carbonyl (C=O) groups excluding carboxylic acids is 2. The average Bonchev–Trinajstić information content (AvgIpc) is 2.79. The molecular formula is C10H16N5O8P. The van der Waals surface area contributed by atoms with Crippen molar-refractivity contribution < 1.29 is 38.3 Å². The highest BCUT2D eigenvalue weighted by Crippen LogP contribution is 2.37. The predicted octanol–water partition coefficient (Wildman–Crippen LogP) is -3.47. The number of aliphatic hydroxyl groups is 1. The summed E-state index contributed by atoms with van der Waals surface area (Å²) in [5, 5.41) is 14.2. The van der Waals surface area contributed by atoms with Gasteiger partial charge in [0.25, 0.3) is 5.91 Å². The molecule has 0 radical (unpaired) electrons. The first-order valence-corrected chi connectivity index (χ1v) is 8.18. The molecule has 2 aliphatic rings. The summed E-state index contributed by atoms with van der Waals surface area (Å²) in [7, 11) is -4.70. The van der Waals surface area contributed by atoms with Crippen molar-refractivity contribution in [3.05, 3.63) is 0 Å². The van der Waals surface area contributed by atoms with E-state index < -0.39 is 44.8 Å². The summed E-state index contributed by atoms with van der Waals surface area (Å²) in [6.07, 6.45) is -2.81. The van der Waals surface area contributed by atoms with Crippen molar-refractivity contribution in [3.8, 4) is 0 Å². The van der Waals surface area contributed by atoms with Gasteiger partial charge in [0.15, 0.2) is 18.1 Å². The zero-order valence-corrected chi connectivity index (χ0v) is 13.0. The van der Waals surface area contributed by atoms with Crippen molar-refractivity contribution in [1.29, 1.82) is 0 Å². The zero-order valence-electron chi connectivity index (χ0n) is 12.1. The van der Waals surface area contributed by atoms with Crippen molar-refractivity contribution in [3.63, 3.8) is 0 Å². The third kappa shape index (κ3) is 4.80. The molecule has 1 saturated heterocycles. The molecule has 0 aliphatic carbocycles. The SMILES string of the molecule is NC1=N/C(=N/[C@H]2C[C@H](O)[C@@H](COP(=O)(O)O)O2)C(NC=O)C(=O)N1. The van der Waals surface area contributed by atoms with E-state index >= 15 is 0 Å². The van der Waals surface area contributed by atoms with Gasteiger partial charge < -0.3 is 30.7 Å². The number of amidine groups is 1. The molecule has 0 aromatic heterocycles. The van der Waals surface area contributed by atoms with E-state index in [4.69, 9.17) is 20.3 Å². The van der Waals surface area contributed by atoms with Crippen molar-refractivity contribution in [2.75, 3.05) is 6.61 Å². The highest BCUT2D eigenvalue weighted by Gasteiger charge is 2.37. The second kappa shape index (κ2) is 7.34. The number of carbonyl (C=O) groups is 2. The average molecular weight is 365 g/mol. The molecule has 0 aromatic rings. The van der Waals surface area contributed by atoms with E-state index in [-0.39, 0.29) is 24.6 Å². The van der Waals surface area contributed by atoms with E-state index in [1.807, 2.05) is 0 Å². The van der Waals surface area contributed by atoms with Gasteiger partial charge in [0.1, 0.15) is 6.10 Å². The lowest BCUT2D eigenvalue weighted by atomic mass is 10.2. The van der Waals surface area contributed by atoms with E-state index in [9.17, 15) is 19.3 Å². The molecule has 13 nitrogen and oxygen atoms in total. The second-order valence-corrected chi connectivity index (χ2v) is 6.15. The zero-order chi connectivity index (χ0) is 17.9. The summed E-state index contributed by atoms with van der Waals surface area (Å²) in [4.78, 5) is 47.4. The van der Waals surface area contributed by atoms with Crippen LogP contribution >= 0.6 is 7.82 Å². The molecule has 0 aromatic carbocycles. The second-order valence-electron chi connectivity index (χ2n) is 4.91. The lowest BCUT2D eigenvalue weighted by Gasteiger charge is -2.21. The minimum Gasteiger partial charge on any atom is -0.390 e. The molecule has 1 unspecified atom stereocenters. The highest BCUT2D eigenvalue weighted by atomic mass is 31.2. The Balaban J connectivity index is 2.09. The van der Waals surface area contributed by atoms with E-state index in [2.05, 4.69) is 25.1 Å². The fraction of sp³-hybridized carbons (Fsp3) is 0.600. The number of aliphatic imine (C=N–C) groups is 2. The first-order valence-electron chi connectivity index (χ1n) is 6.65. The number of phosphoric acid groups is 1. The van der Waals surface area contributed by atoms with Gasteiger partial charge in [-0.1, -0.05) is 0 Å². The van der Waals surface area contributed by atoms with Crippen LogP contribution < -0.4 is 16.4 Å². The summed E-state index contributed by atoms with van der Waals surface area (Å²) < 4.78 is 20.3. The van der Waals surface area contributed by atoms with Crippen LogP contribution in [0.25, 0.3) is 0 Å². The van der Waals surface area contributed by atoms with E-state index in [1.54, 1.807) is 0 Å². The van der Waals surface area contributed by atoms with Gasteiger partial charge in [-0.3, -0.25) is 19.4 Å². The van der Waals surface area contributed by atoms with Gasteiger partial charge in [0.2, 0.25) is 12.4 Å². The van der Waals surface area contributed by atoms with E-state index in [1.165, 1.54) is 0 Å². The lowest BCUT2D eigenvalue weighted by Crippen LogP contribution is -2.56. The Hall–Kier alpha value is -1.89. The number of ether oxygens (including phenoxy) is 1. The minimum atomic E-state index is -4.70. The Bertz CT molecular complexity index is 618. The molecule has 14 heteroatoms. The molecule has 2 amide bonds. The number of hydrogen-bond donors (Lipinski definition) is 6. The molecule has 1 fully saturated rings. The fourth-order valence-corrected chi connectivity index (χ4v) is 2.45. The van der Waals surface area contributed by atoms with E-state index in [0.717, 1.165) is 0 Å². The van der Waals surface area contributed by atoms with Gasteiger partial charge >= 0.3 is 7.82 Å². The first kappa shape index (κ1) is 18.4. The number of amides is 2. The molecule has 2 rings (SSSR count). The van der Waals surface area contributed by atoms with Gasteiger partial charge in [-0.05, 0) is 0 Å². The summed E-state index contributed by atoms with van der Waals surface area (Å²) in [6.45, 7) is -0.547. The van der Waals surface area contributed by atoms with Crippen LogP contribution in [0.15, 0.2) is 9.98 Å². The molecule has 7 N–H and O–H groups in total. The maximum absolute atomic E-state index is 11.7. The Morgan fingerprint density at radius 3 is 2.92 bits per heavy atom. The molecular weight excluding hydrogens is 349 g/mol. The third-order valence-electron chi connectivity index (χ3n) is 3.13. The summed E-state index contributed by atoms with van der Waals surface area (Å²) in [5.74, 6) is -0.993. The highest BCUT2D eigenvalue weighted by molar-refractivity contribution is 7.46. The molecule has 2 heterocycles. The van der Waals surface area contributed by atoms with Crippen molar-refractivity contribution in [2.45, 2.75) is 30.9 Å². The Kier molecular flexibility index (Phi) is 5.64. The summed E-state index contributed by atoms with van der Waals surface area (Å²) in [5.41, 5.74) is 5.42. The first-order chi connectivity index (χ1) is 11.2.